The summed E-state index contributed by atoms with van der Waals surface area (Å²) in [5.74, 6) is 1.86. The first-order chi connectivity index (χ1) is 14.0. The quantitative estimate of drug-likeness (QED) is 0.585. The minimum absolute atomic E-state index is 0. The number of benzene rings is 2. The van der Waals surface area contributed by atoms with Crippen molar-refractivity contribution in [2.45, 2.75) is 45.6 Å². The number of rotatable bonds is 2. The molecular formula is C24H28ClN3O2. The van der Waals surface area contributed by atoms with Crippen molar-refractivity contribution in [3.63, 3.8) is 0 Å². The van der Waals surface area contributed by atoms with E-state index in [4.69, 9.17) is 9.72 Å². The molecule has 3 aromatic rings. The monoisotopic (exact) mass is 425 g/mol. The number of ether oxygens (including phenoxy) is 1. The molecule has 158 valence electrons. The molecule has 0 bridgehead atoms. The van der Waals surface area contributed by atoms with Crippen molar-refractivity contribution in [3.05, 3.63) is 58.4 Å². The highest BCUT2D eigenvalue weighted by molar-refractivity contribution is 6.01. The lowest BCUT2D eigenvalue weighted by Gasteiger charge is -2.29. The Kier molecular flexibility index (Phi) is 5.49. The first-order valence-electron chi connectivity index (χ1n) is 10.5. The highest BCUT2D eigenvalue weighted by Gasteiger charge is 2.32. The van der Waals surface area contributed by atoms with Gasteiger partial charge in [-0.15, -0.1) is 12.4 Å². The first-order valence-corrected chi connectivity index (χ1v) is 10.5. The Morgan fingerprint density at radius 3 is 2.63 bits per heavy atom. The predicted octanol–water partition coefficient (Wildman–Crippen LogP) is 4.91. The van der Waals surface area contributed by atoms with E-state index in [0.29, 0.717) is 0 Å². The average Bonchev–Trinajstić information content (AvgIpc) is 3.36. The summed E-state index contributed by atoms with van der Waals surface area (Å²) in [7, 11) is 2.00. The summed E-state index contributed by atoms with van der Waals surface area (Å²) in [6.07, 6.45) is 3.87. The number of carbonyl (C=O) groups is 1. The summed E-state index contributed by atoms with van der Waals surface area (Å²) in [6.45, 7) is 5.82. The van der Waals surface area contributed by atoms with Crippen LogP contribution in [0.2, 0.25) is 0 Å². The van der Waals surface area contributed by atoms with Crippen LogP contribution < -0.4 is 4.74 Å². The molecule has 0 aliphatic carbocycles. The zero-order valence-corrected chi connectivity index (χ0v) is 18.6. The molecule has 1 atom stereocenters. The van der Waals surface area contributed by atoms with Gasteiger partial charge in [0.15, 0.2) is 5.75 Å². The van der Waals surface area contributed by atoms with Gasteiger partial charge in [0.05, 0.1) is 5.52 Å². The van der Waals surface area contributed by atoms with Crippen LogP contribution in [-0.4, -0.2) is 33.4 Å². The van der Waals surface area contributed by atoms with Gasteiger partial charge < -0.3 is 14.2 Å². The Balaban J connectivity index is 0.00000218. The van der Waals surface area contributed by atoms with Crippen LogP contribution in [0.1, 0.15) is 58.2 Å². The third-order valence-corrected chi connectivity index (χ3v) is 6.53. The molecule has 0 N–H and O–H groups in total. The van der Waals surface area contributed by atoms with Crippen LogP contribution in [0.4, 0.5) is 0 Å². The highest BCUT2D eigenvalue weighted by atomic mass is 35.5. The van der Waals surface area contributed by atoms with E-state index in [1.54, 1.807) is 0 Å². The maximum absolute atomic E-state index is 13.3. The normalized spacial score (nSPS) is 18.1. The van der Waals surface area contributed by atoms with E-state index in [0.717, 1.165) is 72.5 Å². The third-order valence-electron chi connectivity index (χ3n) is 6.53. The van der Waals surface area contributed by atoms with Crippen molar-refractivity contribution < 1.29 is 9.53 Å². The average molecular weight is 426 g/mol. The first kappa shape index (κ1) is 20.7. The SMILES string of the molecule is Cc1ccccc1[C@@H]1CCc2c(C(=O)N3CCCC3)cc3c(nc(C)n3C)c2O1.Cl. The van der Waals surface area contributed by atoms with Crippen LogP contribution in [0.5, 0.6) is 5.75 Å². The Morgan fingerprint density at radius 2 is 1.90 bits per heavy atom. The second kappa shape index (κ2) is 7.95. The Labute approximate surface area is 183 Å². The number of hydrogen-bond donors (Lipinski definition) is 0. The second-order valence-corrected chi connectivity index (χ2v) is 8.32. The van der Waals surface area contributed by atoms with Gasteiger partial charge in [0, 0.05) is 31.3 Å². The molecule has 5 rings (SSSR count). The number of aryl methyl sites for hydroxylation is 3. The van der Waals surface area contributed by atoms with Gasteiger partial charge >= 0.3 is 0 Å². The second-order valence-electron chi connectivity index (χ2n) is 8.32. The summed E-state index contributed by atoms with van der Waals surface area (Å²) in [5, 5.41) is 0. The van der Waals surface area contributed by atoms with Crippen molar-refractivity contribution >= 4 is 29.3 Å². The van der Waals surface area contributed by atoms with Gasteiger partial charge in [0.25, 0.3) is 5.91 Å². The fourth-order valence-electron chi connectivity index (χ4n) is 4.75. The minimum Gasteiger partial charge on any atom is -0.483 e. The van der Waals surface area contributed by atoms with E-state index in [1.807, 2.05) is 24.9 Å². The molecule has 6 heteroatoms. The highest BCUT2D eigenvalue weighted by Crippen LogP contribution is 2.42. The lowest BCUT2D eigenvalue weighted by atomic mass is 9.91. The molecule has 1 fully saturated rings. The number of nitrogens with zero attached hydrogens (tertiary/aromatic N) is 3. The molecule has 0 radical (unpaired) electrons. The van der Waals surface area contributed by atoms with Gasteiger partial charge in [-0.05, 0) is 56.7 Å². The molecular weight excluding hydrogens is 398 g/mol. The fourth-order valence-corrected chi connectivity index (χ4v) is 4.75. The van der Waals surface area contributed by atoms with Crippen LogP contribution in [-0.2, 0) is 13.5 Å². The number of aromatic nitrogens is 2. The zero-order valence-electron chi connectivity index (χ0n) is 17.8. The summed E-state index contributed by atoms with van der Waals surface area (Å²) in [6, 6.07) is 10.4. The topological polar surface area (TPSA) is 47.4 Å². The molecule has 1 saturated heterocycles. The number of hydrogen-bond acceptors (Lipinski definition) is 3. The van der Waals surface area contributed by atoms with E-state index in [1.165, 1.54) is 11.1 Å². The minimum atomic E-state index is -0.00801. The van der Waals surface area contributed by atoms with Crippen LogP contribution in [0.3, 0.4) is 0 Å². The summed E-state index contributed by atoms with van der Waals surface area (Å²) in [5.41, 5.74) is 6.11. The van der Waals surface area contributed by atoms with Crippen molar-refractivity contribution in [1.29, 1.82) is 0 Å². The molecule has 0 unspecified atom stereocenters. The lowest BCUT2D eigenvalue weighted by molar-refractivity contribution is 0.0789. The molecule has 30 heavy (non-hydrogen) atoms. The number of carbonyl (C=O) groups excluding carboxylic acids is 1. The van der Waals surface area contributed by atoms with Crippen LogP contribution >= 0.6 is 12.4 Å². The molecule has 1 aromatic heterocycles. The molecule has 2 aromatic carbocycles. The third kappa shape index (κ3) is 3.25. The van der Waals surface area contributed by atoms with Crippen molar-refractivity contribution in [2.75, 3.05) is 13.1 Å². The molecule has 3 heterocycles. The largest absolute Gasteiger partial charge is 0.483 e. The van der Waals surface area contributed by atoms with Gasteiger partial charge in [-0.2, -0.15) is 0 Å². The molecule has 0 spiro atoms. The Hall–Kier alpha value is -2.53. The molecule has 0 saturated carbocycles. The summed E-state index contributed by atoms with van der Waals surface area (Å²) >= 11 is 0. The van der Waals surface area contributed by atoms with E-state index in [9.17, 15) is 4.79 Å². The molecule has 1 amide bonds. The number of likely N-dealkylation sites (tertiary alicyclic amines) is 1. The van der Waals surface area contributed by atoms with Crippen molar-refractivity contribution in [3.8, 4) is 5.75 Å². The Bertz CT molecular complexity index is 1120. The smallest absolute Gasteiger partial charge is 0.254 e. The number of fused-ring (bicyclic) bond motifs is 3. The van der Waals surface area contributed by atoms with E-state index >= 15 is 0 Å². The fraction of sp³-hybridized carbons (Fsp3) is 0.417. The van der Waals surface area contributed by atoms with Gasteiger partial charge in [-0.1, -0.05) is 24.3 Å². The van der Waals surface area contributed by atoms with Gasteiger partial charge in [0.2, 0.25) is 0 Å². The summed E-state index contributed by atoms with van der Waals surface area (Å²) < 4.78 is 8.64. The predicted molar refractivity (Wildman–Crippen MR) is 121 cm³/mol. The van der Waals surface area contributed by atoms with Crippen LogP contribution in [0.25, 0.3) is 11.0 Å². The standard InChI is InChI=1S/C24H27N3O2.ClH/c1-15-8-4-5-9-17(15)21-11-10-18-19(24(28)27-12-6-7-13-27)14-20-22(23(18)29-21)25-16(2)26(20)3;/h4-5,8-9,14,21H,6-7,10-13H2,1-3H3;1H/t21-;/m0./s1. The van der Waals surface area contributed by atoms with Crippen LogP contribution in [0.15, 0.2) is 30.3 Å². The molecule has 2 aliphatic heterocycles. The van der Waals surface area contributed by atoms with Gasteiger partial charge in [-0.3, -0.25) is 4.79 Å². The lowest BCUT2D eigenvalue weighted by Crippen LogP contribution is -2.29. The van der Waals surface area contributed by atoms with E-state index in [2.05, 4.69) is 35.8 Å². The van der Waals surface area contributed by atoms with Gasteiger partial charge in [0.1, 0.15) is 17.4 Å². The molecule has 2 aliphatic rings. The van der Waals surface area contributed by atoms with Gasteiger partial charge in [-0.25, -0.2) is 4.98 Å². The van der Waals surface area contributed by atoms with Crippen molar-refractivity contribution in [1.82, 2.24) is 14.5 Å². The van der Waals surface area contributed by atoms with E-state index < -0.39 is 0 Å². The van der Waals surface area contributed by atoms with Crippen LogP contribution in [0, 0.1) is 13.8 Å². The summed E-state index contributed by atoms with van der Waals surface area (Å²) in [4.78, 5) is 20.1. The maximum atomic E-state index is 13.3. The maximum Gasteiger partial charge on any atom is 0.254 e. The van der Waals surface area contributed by atoms with E-state index in [-0.39, 0.29) is 24.4 Å². The molecule has 5 nitrogen and oxygen atoms in total. The number of halogens is 1. The number of amides is 1. The Morgan fingerprint density at radius 1 is 1.17 bits per heavy atom. The zero-order chi connectivity index (χ0) is 20.1. The number of imidazole rings is 1. The van der Waals surface area contributed by atoms with Crippen molar-refractivity contribution in [2.24, 2.45) is 7.05 Å².